The van der Waals surface area contributed by atoms with Crippen molar-refractivity contribution < 1.29 is 33.0 Å². The molecule has 2 rings (SSSR count). The van der Waals surface area contributed by atoms with Crippen LogP contribution in [0.2, 0.25) is 0 Å². The number of hydrogen-bond donors (Lipinski definition) is 0. The summed E-state index contributed by atoms with van der Waals surface area (Å²) in [7, 11) is 0. The van der Waals surface area contributed by atoms with Crippen LogP contribution in [-0.4, -0.2) is 24.5 Å². The molecule has 164 valence electrons. The van der Waals surface area contributed by atoms with Gasteiger partial charge in [0.25, 0.3) is 0 Å². The molecule has 31 heavy (non-hydrogen) atoms. The molecule has 0 spiro atoms. The van der Waals surface area contributed by atoms with Gasteiger partial charge in [-0.2, -0.15) is 0 Å². The van der Waals surface area contributed by atoms with E-state index in [0.29, 0.717) is 16.9 Å². The Hall–Kier alpha value is -3.48. The van der Waals surface area contributed by atoms with Crippen molar-refractivity contribution in [2.45, 2.75) is 34.1 Å². The summed E-state index contributed by atoms with van der Waals surface area (Å²) in [5.74, 6) is -2.26. The van der Waals surface area contributed by atoms with Crippen LogP contribution in [-0.2, 0) is 19.1 Å². The van der Waals surface area contributed by atoms with Crippen LogP contribution in [0.5, 0.6) is 11.5 Å². The van der Waals surface area contributed by atoms with Gasteiger partial charge in [-0.25, -0.2) is 9.18 Å². The molecular formula is C24H25FO6. The van der Waals surface area contributed by atoms with Gasteiger partial charge in [-0.1, -0.05) is 24.8 Å². The smallest absolute Gasteiger partial charge is 0.338 e. The first kappa shape index (κ1) is 23.8. The third-order valence-corrected chi connectivity index (χ3v) is 4.05. The van der Waals surface area contributed by atoms with Gasteiger partial charge in [-0.05, 0) is 63.1 Å². The van der Waals surface area contributed by atoms with E-state index in [1.54, 1.807) is 58.0 Å². The number of carbonyl (C=O) groups excluding carboxylic acids is 3. The molecule has 7 heteroatoms. The molecule has 2 aromatic rings. The van der Waals surface area contributed by atoms with E-state index in [9.17, 15) is 18.8 Å². The Morgan fingerprint density at radius 3 is 2.13 bits per heavy atom. The zero-order chi connectivity index (χ0) is 23.2. The van der Waals surface area contributed by atoms with Crippen LogP contribution in [0.3, 0.4) is 0 Å². The zero-order valence-electron chi connectivity index (χ0n) is 18.0. The Kier molecular flexibility index (Phi) is 7.69. The highest BCUT2D eigenvalue weighted by Gasteiger charge is 2.23. The Balaban J connectivity index is 1.97. The van der Waals surface area contributed by atoms with Crippen molar-refractivity contribution in [1.29, 1.82) is 0 Å². The maximum atomic E-state index is 14.4. The van der Waals surface area contributed by atoms with Crippen molar-refractivity contribution in [3.63, 3.8) is 0 Å². The lowest BCUT2D eigenvalue weighted by atomic mass is 9.97. The number of rotatable bonds is 7. The van der Waals surface area contributed by atoms with Crippen molar-refractivity contribution in [2.75, 3.05) is 6.61 Å². The molecule has 0 aliphatic carbocycles. The molecule has 0 saturated heterocycles. The fourth-order valence-electron chi connectivity index (χ4n) is 2.29. The van der Waals surface area contributed by atoms with Crippen LogP contribution in [0.15, 0.2) is 54.6 Å². The summed E-state index contributed by atoms with van der Waals surface area (Å²) in [6.07, 6.45) is -0.187. The minimum absolute atomic E-state index is 0.142. The second kappa shape index (κ2) is 10.0. The summed E-state index contributed by atoms with van der Waals surface area (Å²) >= 11 is 0. The van der Waals surface area contributed by atoms with Gasteiger partial charge in [0.1, 0.15) is 12.4 Å². The summed E-state index contributed by atoms with van der Waals surface area (Å²) in [5, 5.41) is 0. The van der Waals surface area contributed by atoms with Crippen LogP contribution in [0.4, 0.5) is 4.39 Å². The monoisotopic (exact) mass is 428 g/mol. The van der Waals surface area contributed by atoms with Crippen LogP contribution < -0.4 is 9.47 Å². The number of hydrogen-bond acceptors (Lipinski definition) is 6. The molecule has 0 saturated carbocycles. The van der Waals surface area contributed by atoms with E-state index in [4.69, 9.17) is 14.2 Å². The predicted octanol–water partition coefficient (Wildman–Crippen LogP) is 4.86. The van der Waals surface area contributed by atoms with Gasteiger partial charge >= 0.3 is 17.9 Å². The number of esters is 3. The van der Waals surface area contributed by atoms with Crippen LogP contribution in [0, 0.1) is 11.2 Å². The van der Waals surface area contributed by atoms with Crippen molar-refractivity contribution in [3.8, 4) is 22.6 Å². The number of halogens is 1. The minimum atomic E-state index is -0.713. The molecule has 0 amide bonds. The molecule has 0 N–H and O–H groups in total. The van der Waals surface area contributed by atoms with Crippen LogP contribution in [0.1, 0.15) is 34.1 Å². The van der Waals surface area contributed by atoms with Crippen molar-refractivity contribution in [3.05, 3.63) is 60.4 Å². The Labute approximate surface area is 180 Å². The van der Waals surface area contributed by atoms with Gasteiger partial charge in [0.15, 0.2) is 11.6 Å². The van der Waals surface area contributed by atoms with E-state index in [1.807, 2.05) is 0 Å². The van der Waals surface area contributed by atoms with E-state index in [0.717, 1.165) is 0 Å². The third kappa shape index (κ3) is 7.06. The quantitative estimate of drug-likeness (QED) is 0.356. The average Bonchev–Trinajstić information content (AvgIpc) is 2.69. The molecule has 0 heterocycles. The first-order valence-corrected chi connectivity index (χ1v) is 9.63. The lowest BCUT2D eigenvalue weighted by Crippen LogP contribution is -2.24. The minimum Gasteiger partial charge on any atom is -0.465 e. The summed E-state index contributed by atoms with van der Waals surface area (Å²) in [6, 6.07) is 10.7. The molecule has 2 aromatic carbocycles. The summed E-state index contributed by atoms with van der Waals surface area (Å²) < 4.78 is 29.5. The fourth-order valence-corrected chi connectivity index (χ4v) is 2.29. The van der Waals surface area contributed by atoms with E-state index in [2.05, 4.69) is 6.58 Å². The Bertz CT molecular complexity index is 986. The molecule has 0 radical (unpaired) electrons. The molecule has 0 bridgehead atoms. The summed E-state index contributed by atoms with van der Waals surface area (Å²) in [4.78, 5) is 35.1. The van der Waals surface area contributed by atoms with Crippen molar-refractivity contribution in [1.82, 2.24) is 0 Å². The van der Waals surface area contributed by atoms with E-state index in [1.165, 1.54) is 12.1 Å². The lowest BCUT2D eigenvalue weighted by Gasteiger charge is -2.16. The standard InChI is InChI=1S/C24H25FO6/c1-15(2)22(27)30-18-9-6-16(7-10-18)17-8-11-20(19(25)14-17)31-21(26)12-13-29-23(28)24(3,4)5/h6-11,14H,1,12-13H2,2-5H3. The molecule has 0 fully saturated rings. The molecular weight excluding hydrogens is 403 g/mol. The van der Waals surface area contributed by atoms with E-state index in [-0.39, 0.29) is 24.4 Å². The SMILES string of the molecule is C=C(C)C(=O)Oc1ccc(-c2ccc(OC(=O)CCOC(=O)C(C)(C)C)c(F)c2)cc1. The van der Waals surface area contributed by atoms with E-state index < -0.39 is 29.1 Å². The van der Waals surface area contributed by atoms with E-state index >= 15 is 0 Å². The van der Waals surface area contributed by atoms with Gasteiger partial charge in [0, 0.05) is 5.57 Å². The molecule has 0 unspecified atom stereocenters. The maximum absolute atomic E-state index is 14.4. The van der Waals surface area contributed by atoms with Gasteiger partial charge in [-0.15, -0.1) is 0 Å². The second-order valence-corrected chi connectivity index (χ2v) is 7.95. The zero-order valence-corrected chi connectivity index (χ0v) is 18.0. The first-order valence-electron chi connectivity index (χ1n) is 9.63. The van der Waals surface area contributed by atoms with Crippen molar-refractivity contribution in [2.24, 2.45) is 5.41 Å². The number of carbonyl (C=O) groups is 3. The molecule has 0 aliphatic heterocycles. The van der Waals surface area contributed by atoms with Crippen molar-refractivity contribution >= 4 is 17.9 Å². The topological polar surface area (TPSA) is 78.9 Å². The maximum Gasteiger partial charge on any atom is 0.338 e. The number of ether oxygens (including phenoxy) is 3. The van der Waals surface area contributed by atoms with Crippen LogP contribution >= 0.6 is 0 Å². The summed E-state index contributed by atoms with van der Waals surface area (Å²) in [6.45, 7) is 10.0. The largest absolute Gasteiger partial charge is 0.465 e. The highest BCUT2D eigenvalue weighted by atomic mass is 19.1. The lowest BCUT2D eigenvalue weighted by molar-refractivity contribution is -0.154. The van der Waals surface area contributed by atoms with Gasteiger partial charge in [0.05, 0.1) is 11.8 Å². The first-order chi connectivity index (χ1) is 14.5. The van der Waals surface area contributed by atoms with Crippen LogP contribution in [0.25, 0.3) is 11.1 Å². The molecule has 0 aromatic heterocycles. The molecule has 6 nitrogen and oxygen atoms in total. The normalized spacial score (nSPS) is 10.9. The fraction of sp³-hybridized carbons (Fsp3) is 0.292. The molecule has 0 aliphatic rings. The summed E-state index contributed by atoms with van der Waals surface area (Å²) in [5.41, 5.74) is 0.842. The number of benzene rings is 2. The highest BCUT2D eigenvalue weighted by molar-refractivity contribution is 5.88. The Morgan fingerprint density at radius 1 is 0.968 bits per heavy atom. The van der Waals surface area contributed by atoms with Gasteiger partial charge in [0.2, 0.25) is 0 Å². The average molecular weight is 428 g/mol. The highest BCUT2D eigenvalue weighted by Crippen LogP contribution is 2.27. The predicted molar refractivity (Wildman–Crippen MR) is 113 cm³/mol. The van der Waals surface area contributed by atoms with Gasteiger partial charge < -0.3 is 14.2 Å². The Morgan fingerprint density at radius 2 is 1.58 bits per heavy atom. The van der Waals surface area contributed by atoms with Gasteiger partial charge in [-0.3, -0.25) is 9.59 Å². The second-order valence-electron chi connectivity index (χ2n) is 7.95. The third-order valence-electron chi connectivity index (χ3n) is 4.05. The molecule has 0 atom stereocenters.